The van der Waals surface area contributed by atoms with Crippen LogP contribution in [-0.4, -0.2) is 19.9 Å². The van der Waals surface area contributed by atoms with E-state index in [2.05, 4.69) is 66.0 Å². The highest BCUT2D eigenvalue weighted by molar-refractivity contribution is 5.66. The molecule has 0 amide bonds. The van der Waals surface area contributed by atoms with Crippen molar-refractivity contribution in [3.05, 3.63) is 102 Å². The number of aliphatic hydroxyl groups is 1. The van der Waals surface area contributed by atoms with Crippen molar-refractivity contribution in [1.29, 1.82) is 5.26 Å². The summed E-state index contributed by atoms with van der Waals surface area (Å²) >= 11 is 0. The fraction of sp³-hybridized carbons (Fsp3) is 0.258. The molecule has 178 valence electrons. The molecule has 5 nitrogen and oxygen atoms in total. The van der Waals surface area contributed by atoms with Gasteiger partial charge in [0.05, 0.1) is 28.7 Å². The third-order valence-corrected chi connectivity index (χ3v) is 8.20. The Labute approximate surface area is 211 Å². The zero-order valence-electron chi connectivity index (χ0n) is 20.5. The quantitative estimate of drug-likeness (QED) is 0.356. The van der Waals surface area contributed by atoms with Crippen LogP contribution in [0.2, 0.25) is 0 Å². The number of fused-ring (bicyclic) bond motifs is 3. The van der Waals surface area contributed by atoms with Gasteiger partial charge < -0.3 is 5.11 Å². The summed E-state index contributed by atoms with van der Waals surface area (Å²) < 4.78 is 2.07. The van der Waals surface area contributed by atoms with Crippen LogP contribution < -0.4 is 0 Å². The van der Waals surface area contributed by atoms with Gasteiger partial charge in [-0.25, -0.2) is 4.68 Å². The van der Waals surface area contributed by atoms with Crippen LogP contribution >= 0.6 is 0 Å². The van der Waals surface area contributed by atoms with E-state index in [9.17, 15) is 10.4 Å². The lowest BCUT2D eigenvalue weighted by Gasteiger charge is -2.47. The molecule has 4 aromatic rings. The molecule has 2 aliphatic rings. The van der Waals surface area contributed by atoms with Gasteiger partial charge in [0.15, 0.2) is 0 Å². The van der Waals surface area contributed by atoms with Crippen LogP contribution in [0.4, 0.5) is 0 Å². The van der Waals surface area contributed by atoms with Crippen molar-refractivity contribution in [2.45, 2.75) is 38.5 Å². The van der Waals surface area contributed by atoms with Gasteiger partial charge in [0.1, 0.15) is 11.5 Å². The number of hydrogen-bond acceptors (Lipinski definition) is 4. The van der Waals surface area contributed by atoms with E-state index in [1.807, 2.05) is 36.4 Å². The highest BCUT2D eigenvalue weighted by Crippen LogP contribution is 2.54. The maximum absolute atomic E-state index is 10.8. The maximum atomic E-state index is 10.8. The summed E-state index contributed by atoms with van der Waals surface area (Å²) in [4.78, 5) is 4.63. The Hall–Kier alpha value is -4.17. The number of allylic oxidation sites excluding steroid dienone is 2. The third kappa shape index (κ3) is 3.37. The summed E-state index contributed by atoms with van der Waals surface area (Å²) in [7, 11) is 0. The number of benzene rings is 2. The van der Waals surface area contributed by atoms with Gasteiger partial charge in [0.2, 0.25) is 0 Å². The normalized spacial score (nSPS) is 23.0. The van der Waals surface area contributed by atoms with Crippen LogP contribution in [0.5, 0.6) is 0 Å². The molecule has 2 heterocycles. The minimum atomic E-state index is -0.331. The lowest BCUT2D eigenvalue weighted by molar-refractivity contribution is 0.134. The molecule has 2 aromatic heterocycles. The number of hydrogen-bond donors (Lipinski definition) is 1. The van der Waals surface area contributed by atoms with Crippen molar-refractivity contribution in [2.24, 2.45) is 11.8 Å². The number of nitriles is 1. The Bertz CT molecular complexity index is 1500. The molecule has 0 saturated heterocycles. The first kappa shape index (κ1) is 22.3. The Morgan fingerprint density at radius 2 is 1.72 bits per heavy atom. The first-order valence-electron chi connectivity index (χ1n) is 12.5. The van der Waals surface area contributed by atoms with E-state index in [4.69, 9.17) is 5.10 Å². The molecule has 2 aliphatic carbocycles. The van der Waals surface area contributed by atoms with Gasteiger partial charge in [-0.2, -0.15) is 10.4 Å². The summed E-state index contributed by atoms with van der Waals surface area (Å²) in [6, 6.07) is 27.1. The largest absolute Gasteiger partial charge is 0.511 e. The van der Waals surface area contributed by atoms with Gasteiger partial charge in [-0.3, -0.25) is 4.98 Å². The average molecular weight is 473 g/mol. The Kier molecular flexibility index (Phi) is 5.26. The third-order valence-electron chi connectivity index (χ3n) is 8.20. The molecule has 0 radical (unpaired) electrons. The standard InChI is InChI=1S/C31H28N4O/c1-20-26-16-15-25-28(27-10-6-7-17-33-27)34-35(30(25)31(26,2)18-23(19-32)29(20)36)24-13-11-22(12-14-24)21-8-4-3-5-9-21/h3-14,17,20,26,36H,15-16,18H2,1-2H3/t20-,26-,31-/m1/s1. The van der Waals surface area contributed by atoms with Gasteiger partial charge >= 0.3 is 0 Å². The molecule has 0 fully saturated rings. The van der Waals surface area contributed by atoms with Gasteiger partial charge in [0, 0.05) is 23.1 Å². The van der Waals surface area contributed by atoms with Crippen molar-refractivity contribution in [3.63, 3.8) is 0 Å². The lowest BCUT2D eigenvalue weighted by Crippen LogP contribution is -2.45. The van der Waals surface area contributed by atoms with Crippen molar-refractivity contribution < 1.29 is 5.11 Å². The van der Waals surface area contributed by atoms with E-state index in [1.165, 1.54) is 11.1 Å². The first-order valence-corrected chi connectivity index (χ1v) is 12.5. The minimum Gasteiger partial charge on any atom is -0.511 e. The van der Waals surface area contributed by atoms with Crippen LogP contribution in [0.1, 0.15) is 37.9 Å². The number of rotatable bonds is 3. The molecular formula is C31H28N4O. The monoisotopic (exact) mass is 472 g/mol. The lowest BCUT2D eigenvalue weighted by atomic mass is 9.56. The minimum absolute atomic E-state index is 0.0753. The highest BCUT2D eigenvalue weighted by Gasteiger charge is 2.51. The molecule has 0 unspecified atom stereocenters. The predicted octanol–water partition coefficient (Wildman–Crippen LogP) is 6.80. The van der Waals surface area contributed by atoms with Crippen molar-refractivity contribution >= 4 is 0 Å². The number of nitrogens with zero attached hydrogens (tertiary/aromatic N) is 4. The van der Waals surface area contributed by atoms with Crippen molar-refractivity contribution in [3.8, 4) is 34.3 Å². The van der Waals surface area contributed by atoms with E-state index in [0.29, 0.717) is 12.0 Å². The smallest absolute Gasteiger partial charge is 0.115 e. The van der Waals surface area contributed by atoms with Gasteiger partial charge in [-0.15, -0.1) is 0 Å². The highest BCUT2D eigenvalue weighted by atomic mass is 16.3. The summed E-state index contributed by atoms with van der Waals surface area (Å²) in [5, 5.41) is 25.8. The van der Waals surface area contributed by atoms with E-state index in [0.717, 1.165) is 41.2 Å². The fourth-order valence-corrected chi connectivity index (χ4v) is 6.43. The second-order valence-electron chi connectivity index (χ2n) is 10.2. The first-order chi connectivity index (χ1) is 17.5. The molecule has 1 N–H and O–H groups in total. The number of pyridine rings is 1. The van der Waals surface area contributed by atoms with Crippen LogP contribution in [0.15, 0.2) is 90.3 Å². The second kappa shape index (κ2) is 8.49. The Morgan fingerprint density at radius 3 is 2.42 bits per heavy atom. The van der Waals surface area contributed by atoms with E-state index in [1.54, 1.807) is 6.20 Å². The number of aromatic nitrogens is 3. The second-order valence-corrected chi connectivity index (χ2v) is 10.2. The van der Waals surface area contributed by atoms with Gasteiger partial charge in [-0.05, 0) is 60.6 Å². The zero-order chi connectivity index (χ0) is 24.9. The Balaban J connectivity index is 1.55. The molecule has 0 saturated carbocycles. The van der Waals surface area contributed by atoms with Crippen LogP contribution in [0, 0.1) is 23.2 Å². The van der Waals surface area contributed by atoms with E-state index in [-0.39, 0.29) is 23.0 Å². The fourth-order valence-electron chi connectivity index (χ4n) is 6.43. The average Bonchev–Trinajstić information content (AvgIpc) is 3.33. The maximum Gasteiger partial charge on any atom is 0.115 e. The van der Waals surface area contributed by atoms with Crippen LogP contribution in [0.3, 0.4) is 0 Å². The van der Waals surface area contributed by atoms with Crippen molar-refractivity contribution in [1.82, 2.24) is 14.8 Å². The predicted molar refractivity (Wildman–Crippen MR) is 140 cm³/mol. The zero-order valence-corrected chi connectivity index (χ0v) is 20.5. The molecule has 3 atom stereocenters. The molecule has 2 aromatic carbocycles. The summed E-state index contributed by atoms with van der Waals surface area (Å²) in [6.45, 7) is 4.30. The van der Waals surface area contributed by atoms with Crippen molar-refractivity contribution in [2.75, 3.05) is 0 Å². The molecule has 0 spiro atoms. The SMILES string of the molecule is C[C@H]1C(O)=C(C#N)C[C@@]2(C)c3c(c(-c4ccccn4)nn3-c3ccc(-c4ccccc4)cc3)CC[C@H]12. The molecule has 5 heteroatoms. The van der Waals surface area contributed by atoms with Gasteiger partial charge in [-0.1, -0.05) is 62.4 Å². The summed E-state index contributed by atoms with van der Waals surface area (Å²) in [5.41, 5.74) is 7.57. The number of aliphatic hydroxyl groups excluding tert-OH is 1. The van der Waals surface area contributed by atoms with E-state index < -0.39 is 0 Å². The van der Waals surface area contributed by atoms with Crippen LogP contribution in [0.25, 0.3) is 28.2 Å². The molecule has 36 heavy (non-hydrogen) atoms. The molecule has 0 bridgehead atoms. The topological polar surface area (TPSA) is 74.7 Å². The van der Waals surface area contributed by atoms with Crippen LogP contribution in [-0.2, 0) is 11.8 Å². The summed E-state index contributed by atoms with van der Waals surface area (Å²) in [6.07, 6.45) is 4.11. The molecule has 0 aliphatic heterocycles. The molecule has 6 rings (SSSR count). The van der Waals surface area contributed by atoms with Gasteiger partial charge in [0.25, 0.3) is 0 Å². The molecular weight excluding hydrogens is 444 g/mol. The van der Waals surface area contributed by atoms with E-state index >= 15 is 0 Å². The Morgan fingerprint density at radius 1 is 1.00 bits per heavy atom. The summed E-state index contributed by atoms with van der Waals surface area (Å²) in [5.74, 6) is 0.401.